The number of nitrogens with one attached hydrogen (secondary N) is 1. The zero-order valence-corrected chi connectivity index (χ0v) is 9.37. The van der Waals surface area contributed by atoms with E-state index in [-0.39, 0.29) is 0 Å². The van der Waals surface area contributed by atoms with E-state index in [1.807, 2.05) is 0 Å². The zero-order chi connectivity index (χ0) is 10.5. The molecule has 2 unspecified atom stereocenters. The van der Waals surface area contributed by atoms with Crippen LogP contribution in [-0.4, -0.2) is 23.0 Å². The SMILES string of the molecule is c1ccc2c3c([nH]c2c1)CN1CCCC3C1. The first-order chi connectivity index (χ1) is 7.92. The van der Waals surface area contributed by atoms with E-state index in [1.165, 1.54) is 42.5 Å². The summed E-state index contributed by atoms with van der Waals surface area (Å²) >= 11 is 0. The van der Waals surface area contributed by atoms with Gasteiger partial charge in [0.25, 0.3) is 0 Å². The van der Waals surface area contributed by atoms with Gasteiger partial charge in [-0.3, -0.25) is 4.90 Å². The van der Waals surface area contributed by atoms with Crippen molar-refractivity contribution in [2.75, 3.05) is 13.1 Å². The molecule has 1 N–H and O–H groups in total. The van der Waals surface area contributed by atoms with Gasteiger partial charge in [0.2, 0.25) is 0 Å². The average Bonchev–Trinajstić information content (AvgIpc) is 2.67. The van der Waals surface area contributed by atoms with Gasteiger partial charge in [0.05, 0.1) is 0 Å². The smallest absolute Gasteiger partial charge is 0.0459 e. The van der Waals surface area contributed by atoms with Crippen LogP contribution >= 0.6 is 0 Å². The predicted molar refractivity (Wildman–Crippen MR) is 65.6 cm³/mol. The monoisotopic (exact) mass is 212 g/mol. The number of hydrogen-bond acceptors (Lipinski definition) is 1. The highest BCUT2D eigenvalue weighted by atomic mass is 15.1. The summed E-state index contributed by atoms with van der Waals surface area (Å²) in [6.45, 7) is 3.68. The maximum atomic E-state index is 3.60. The number of benzene rings is 1. The molecule has 0 aliphatic carbocycles. The van der Waals surface area contributed by atoms with E-state index in [0.717, 1.165) is 12.5 Å². The molecule has 2 nitrogen and oxygen atoms in total. The molecule has 2 aromatic rings. The molecule has 3 heterocycles. The summed E-state index contributed by atoms with van der Waals surface area (Å²) in [4.78, 5) is 6.19. The van der Waals surface area contributed by atoms with Crippen molar-refractivity contribution in [3.8, 4) is 0 Å². The summed E-state index contributed by atoms with van der Waals surface area (Å²) in [5.41, 5.74) is 4.41. The Bertz CT molecular complexity index is 541. The van der Waals surface area contributed by atoms with Crippen LogP contribution in [0.5, 0.6) is 0 Å². The molecule has 0 saturated carbocycles. The molecule has 0 radical (unpaired) electrons. The minimum atomic E-state index is 0.772. The lowest BCUT2D eigenvalue weighted by molar-refractivity contribution is 0.181. The molecule has 1 saturated heterocycles. The summed E-state index contributed by atoms with van der Waals surface area (Å²) in [6.07, 6.45) is 2.73. The molecule has 2 bridgehead atoms. The van der Waals surface area contributed by atoms with Crippen LogP contribution in [0.3, 0.4) is 0 Å². The third-order valence-electron chi connectivity index (χ3n) is 4.12. The summed E-state index contributed by atoms with van der Waals surface area (Å²) < 4.78 is 0. The van der Waals surface area contributed by atoms with Gasteiger partial charge in [-0.15, -0.1) is 0 Å². The fourth-order valence-corrected chi connectivity index (χ4v) is 3.47. The lowest BCUT2D eigenvalue weighted by Crippen LogP contribution is -2.38. The minimum Gasteiger partial charge on any atom is -0.357 e. The Labute approximate surface area is 95.3 Å². The fourth-order valence-electron chi connectivity index (χ4n) is 3.47. The third kappa shape index (κ3) is 1.11. The molecule has 2 heteroatoms. The van der Waals surface area contributed by atoms with Crippen LogP contribution in [0, 0.1) is 0 Å². The summed E-state index contributed by atoms with van der Waals surface area (Å²) in [5, 5.41) is 1.46. The first-order valence-corrected chi connectivity index (χ1v) is 6.23. The number of hydrogen-bond donors (Lipinski definition) is 1. The van der Waals surface area contributed by atoms with E-state index < -0.39 is 0 Å². The number of nitrogens with zero attached hydrogens (tertiary/aromatic N) is 1. The zero-order valence-electron chi connectivity index (χ0n) is 9.37. The normalized spacial score (nSPS) is 28.0. The molecule has 16 heavy (non-hydrogen) atoms. The summed E-state index contributed by atoms with van der Waals surface area (Å²) in [7, 11) is 0. The number of aromatic amines is 1. The maximum absolute atomic E-state index is 3.60. The molecule has 2 aliphatic rings. The fraction of sp³-hybridized carbons (Fsp3) is 0.429. The van der Waals surface area contributed by atoms with Crippen LogP contribution in [0.15, 0.2) is 24.3 Å². The Morgan fingerprint density at radius 2 is 2.19 bits per heavy atom. The van der Waals surface area contributed by atoms with Crippen molar-refractivity contribution in [2.45, 2.75) is 25.3 Å². The molecule has 0 spiro atoms. The first kappa shape index (κ1) is 8.82. The lowest BCUT2D eigenvalue weighted by Gasteiger charge is -2.37. The predicted octanol–water partition coefficient (Wildman–Crippen LogP) is 2.86. The summed E-state index contributed by atoms with van der Waals surface area (Å²) in [6, 6.07) is 8.75. The van der Waals surface area contributed by atoms with Gasteiger partial charge in [0.1, 0.15) is 0 Å². The van der Waals surface area contributed by atoms with Crippen molar-refractivity contribution >= 4 is 10.9 Å². The summed E-state index contributed by atoms with van der Waals surface area (Å²) in [5.74, 6) is 0.772. The van der Waals surface area contributed by atoms with Gasteiger partial charge in [-0.2, -0.15) is 0 Å². The van der Waals surface area contributed by atoms with Crippen molar-refractivity contribution < 1.29 is 0 Å². The molecule has 1 aromatic heterocycles. The Kier molecular flexibility index (Phi) is 1.71. The van der Waals surface area contributed by atoms with Crippen LogP contribution in [0.4, 0.5) is 0 Å². The van der Waals surface area contributed by atoms with Gasteiger partial charge in [-0.05, 0) is 36.9 Å². The molecule has 4 rings (SSSR count). The van der Waals surface area contributed by atoms with E-state index in [4.69, 9.17) is 0 Å². The first-order valence-electron chi connectivity index (χ1n) is 6.23. The molecular weight excluding hydrogens is 196 g/mol. The van der Waals surface area contributed by atoms with E-state index in [9.17, 15) is 0 Å². The van der Waals surface area contributed by atoms with Crippen molar-refractivity contribution in [1.29, 1.82) is 0 Å². The van der Waals surface area contributed by atoms with Gasteiger partial charge in [-0.1, -0.05) is 18.2 Å². The van der Waals surface area contributed by atoms with Crippen molar-refractivity contribution in [2.24, 2.45) is 0 Å². The average molecular weight is 212 g/mol. The largest absolute Gasteiger partial charge is 0.357 e. The number of fused-ring (bicyclic) bond motifs is 6. The third-order valence-corrected chi connectivity index (χ3v) is 4.12. The Balaban J connectivity index is 1.98. The van der Waals surface area contributed by atoms with Crippen LogP contribution in [0.25, 0.3) is 10.9 Å². The molecule has 0 amide bonds. The minimum absolute atomic E-state index is 0.772. The van der Waals surface area contributed by atoms with E-state index in [2.05, 4.69) is 34.1 Å². The van der Waals surface area contributed by atoms with Crippen LogP contribution < -0.4 is 0 Å². The maximum Gasteiger partial charge on any atom is 0.0459 e. The van der Waals surface area contributed by atoms with Crippen LogP contribution in [-0.2, 0) is 6.54 Å². The number of para-hydroxylation sites is 1. The Morgan fingerprint density at radius 3 is 3.19 bits per heavy atom. The number of piperidine rings is 1. The topological polar surface area (TPSA) is 19.0 Å². The number of aromatic nitrogens is 1. The second-order valence-corrected chi connectivity index (χ2v) is 5.14. The lowest BCUT2D eigenvalue weighted by atomic mass is 9.85. The quantitative estimate of drug-likeness (QED) is 0.711. The van der Waals surface area contributed by atoms with Gasteiger partial charge >= 0.3 is 0 Å². The number of rotatable bonds is 0. The molecule has 1 aromatic carbocycles. The standard InChI is InChI=1S/C14H16N2/c1-2-6-12-11(5-1)14-10-4-3-7-16(8-10)9-13(14)15-12/h1-2,5-6,10,15H,3-4,7-9H2. The highest BCUT2D eigenvalue weighted by molar-refractivity contribution is 5.85. The second kappa shape index (κ2) is 3.11. The van der Waals surface area contributed by atoms with E-state index in [0.29, 0.717) is 0 Å². The molecule has 1 fully saturated rings. The van der Waals surface area contributed by atoms with Crippen molar-refractivity contribution in [3.63, 3.8) is 0 Å². The van der Waals surface area contributed by atoms with Gasteiger partial charge < -0.3 is 4.98 Å². The molecular formula is C14H16N2. The Morgan fingerprint density at radius 1 is 1.25 bits per heavy atom. The highest BCUT2D eigenvalue weighted by Gasteiger charge is 2.31. The van der Waals surface area contributed by atoms with Crippen LogP contribution in [0.1, 0.15) is 30.0 Å². The van der Waals surface area contributed by atoms with Crippen LogP contribution in [0.2, 0.25) is 0 Å². The highest BCUT2D eigenvalue weighted by Crippen LogP contribution is 2.39. The van der Waals surface area contributed by atoms with Gasteiger partial charge in [0.15, 0.2) is 0 Å². The number of H-pyrrole nitrogens is 1. The van der Waals surface area contributed by atoms with E-state index in [1.54, 1.807) is 5.56 Å². The second-order valence-electron chi connectivity index (χ2n) is 5.14. The van der Waals surface area contributed by atoms with E-state index >= 15 is 0 Å². The molecule has 82 valence electrons. The van der Waals surface area contributed by atoms with Crippen molar-refractivity contribution in [1.82, 2.24) is 9.88 Å². The molecule has 2 aliphatic heterocycles. The van der Waals surface area contributed by atoms with Crippen molar-refractivity contribution in [3.05, 3.63) is 35.5 Å². The van der Waals surface area contributed by atoms with Gasteiger partial charge in [-0.25, -0.2) is 0 Å². The molecule has 2 atom stereocenters. The Hall–Kier alpha value is -1.28. The van der Waals surface area contributed by atoms with Gasteiger partial charge in [0, 0.05) is 29.7 Å².